The van der Waals surface area contributed by atoms with Crippen LogP contribution in [0.15, 0.2) is 0 Å². The van der Waals surface area contributed by atoms with E-state index in [2.05, 4.69) is 10.1 Å². The van der Waals surface area contributed by atoms with E-state index in [-0.39, 0.29) is 23.7 Å². The SMILES string of the molecule is COC(=O)C(C)CC1CCCNC1=O. The van der Waals surface area contributed by atoms with Crippen LogP contribution in [-0.2, 0) is 14.3 Å². The molecule has 2 atom stereocenters. The van der Waals surface area contributed by atoms with Crippen molar-refractivity contribution in [1.82, 2.24) is 5.32 Å². The van der Waals surface area contributed by atoms with Gasteiger partial charge in [-0.15, -0.1) is 0 Å². The van der Waals surface area contributed by atoms with Crippen LogP contribution < -0.4 is 5.32 Å². The molecule has 80 valence electrons. The second-order valence-corrected chi connectivity index (χ2v) is 3.79. The maximum absolute atomic E-state index is 11.4. The smallest absolute Gasteiger partial charge is 0.308 e. The predicted molar refractivity (Wildman–Crippen MR) is 51.5 cm³/mol. The summed E-state index contributed by atoms with van der Waals surface area (Å²) in [5, 5.41) is 2.80. The summed E-state index contributed by atoms with van der Waals surface area (Å²) in [5.74, 6) is -0.359. The fraction of sp³-hybridized carbons (Fsp3) is 0.800. The van der Waals surface area contributed by atoms with Gasteiger partial charge < -0.3 is 10.1 Å². The van der Waals surface area contributed by atoms with Crippen molar-refractivity contribution in [2.24, 2.45) is 11.8 Å². The quantitative estimate of drug-likeness (QED) is 0.681. The standard InChI is InChI=1S/C10H17NO3/c1-7(10(13)14-2)6-8-4-3-5-11-9(8)12/h7-8H,3-6H2,1-2H3,(H,11,12). The zero-order valence-electron chi connectivity index (χ0n) is 8.71. The normalized spacial score (nSPS) is 23.9. The van der Waals surface area contributed by atoms with Crippen molar-refractivity contribution in [3.63, 3.8) is 0 Å². The highest BCUT2D eigenvalue weighted by Crippen LogP contribution is 2.20. The van der Waals surface area contributed by atoms with Crippen LogP contribution in [0.1, 0.15) is 26.2 Å². The number of methoxy groups -OCH3 is 1. The number of hydrogen-bond donors (Lipinski definition) is 1. The zero-order chi connectivity index (χ0) is 10.6. The summed E-state index contributed by atoms with van der Waals surface area (Å²) in [6.07, 6.45) is 2.48. The molecule has 0 aromatic heterocycles. The van der Waals surface area contributed by atoms with Crippen LogP contribution in [0.2, 0.25) is 0 Å². The summed E-state index contributed by atoms with van der Waals surface area (Å²) in [5.41, 5.74) is 0. The lowest BCUT2D eigenvalue weighted by Crippen LogP contribution is -2.37. The topological polar surface area (TPSA) is 55.4 Å². The van der Waals surface area contributed by atoms with Gasteiger partial charge in [-0.2, -0.15) is 0 Å². The number of piperidine rings is 1. The molecule has 1 aliphatic rings. The maximum Gasteiger partial charge on any atom is 0.308 e. The molecule has 1 saturated heterocycles. The third-order valence-electron chi connectivity index (χ3n) is 2.64. The fourth-order valence-corrected chi connectivity index (χ4v) is 1.78. The van der Waals surface area contributed by atoms with E-state index in [1.54, 1.807) is 6.92 Å². The van der Waals surface area contributed by atoms with Crippen LogP contribution in [0.25, 0.3) is 0 Å². The first-order chi connectivity index (χ1) is 6.65. The minimum atomic E-state index is -0.233. The molecule has 0 aromatic carbocycles. The van der Waals surface area contributed by atoms with Crippen LogP contribution in [-0.4, -0.2) is 25.5 Å². The summed E-state index contributed by atoms with van der Waals surface area (Å²) in [7, 11) is 1.37. The highest BCUT2D eigenvalue weighted by Gasteiger charge is 2.26. The highest BCUT2D eigenvalue weighted by molar-refractivity contribution is 5.80. The van der Waals surface area contributed by atoms with Gasteiger partial charge in [-0.25, -0.2) is 0 Å². The van der Waals surface area contributed by atoms with Crippen LogP contribution in [0.5, 0.6) is 0 Å². The van der Waals surface area contributed by atoms with Gasteiger partial charge in [-0.05, 0) is 19.3 Å². The maximum atomic E-state index is 11.4. The first-order valence-electron chi connectivity index (χ1n) is 5.00. The number of ether oxygens (including phenoxy) is 1. The average molecular weight is 199 g/mol. The summed E-state index contributed by atoms with van der Waals surface area (Å²) in [4.78, 5) is 22.5. The number of carbonyl (C=O) groups excluding carboxylic acids is 2. The van der Waals surface area contributed by atoms with Gasteiger partial charge in [0.25, 0.3) is 0 Å². The fourth-order valence-electron chi connectivity index (χ4n) is 1.78. The summed E-state index contributed by atoms with van der Waals surface area (Å²) in [6.45, 7) is 2.57. The molecule has 1 amide bonds. The van der Waals surface area contributed by atoms with Gasteiger partial charge in [0.1, 0.15) is 0 Å². The van der Waals surface area contributed by atoms with Gasteiger partial charge >= 0.3 is 5.97 Å². The number of rotatable bonds is 3. The largest absolute Gasteiger partial charge is 0.469 e. The van der Waals surface area contributed by atoms with E-state index in [4.69, 9.17) is 0 Å². The van der Waals surface area contributed by atoms with Gasteiger partial charge in [-0.1, -0.05) is 6.92 Å². The van der Waals surface area contributed by atoms with Crippen molar-refractivity contribution in [3.05, 3.63) is 0 Å². The van der Waals surface area contributed by atoms with Crippen molar-refractivity contribution in [3.8, 4) is 0 Å². The Morgan fingerprint density at radius 3 is 3.00 bits per heavy atom. The molecule has 1 N–H and O–H groups in total. The van der Waals surface area contributed by atoms with E-state index in [1.165, 1.54) is 7.11 Å². The number of carbonyl (C=O) groups is 2. The molecule has 4 heteroatoms. The lowest BCUT2D eigenvalue weighted by Gasteiger charge is -2.23. The van der Waals surface area contributed by atoms with Crippen molar-refractivity contribution in [2.75, 3.05) is 13.7 Å². The second kappa shape index (κ2) is 4.98. The Morgan fingerprint density at radius 2 is 2.43 bits per heavy atom. The minimum absolute atomic E-state index is 0.0159. The zero-order valence-corrected chi connectivity index (χ0v) is 8.71. The first-order valence-corrected chi connectivity index (χ1v) is 5.00. The molecule has 0 bridgehead atoms. The third kappa shape index (κ3) is 2.72. The molecule has 4 nitrogen and oxygen atoms in total. The van der Waals surface area contributed by atoms with Gasteiger partial charge in [0, 0.05) is 12.5 Å². The Balaban J connectivity index is 2.42. The molecule has 1 aliphatic heterocycles. The summed E-state index contributed by atoms with van der Waals surface area (Å²) >= 11 is 0. The first kappa shape index (κ1) is 11.0. The van der Waals surface area contributed by atoms with Gasteiger partial charge in [0.15, 0.2) is 0 Å². The van der Waals surface area contributed by atoms with Crippen LogP contribution in [0.4, 0.5) is 0 Å². The second-order valence-electron chi connectivity index (χ2n) is 3.79. The van der Waals surface area contributed by atoms with Crippen molar-refractivity contribution < 1.29 is 14.3 Å². The monoisotopic (exact) mass is 199 g/mol. The van der Waals surface area contributed by atoms with E-state index in [9.17, 15) is 9.59 Å². The molecule has 1 rings (SSSR count). The van der Waals surface area contributed by atoms with E-state index in [0.717, 1.165) is 19.4 Å². The highest BCUT2D eigenvalue weighted by atomic mass is 16.5. The molecule has 1 heterocycles. The molecule has 14 heavy (non-hydrogen) atoms. The number of hydrogen-bond acceptors (Lipinski definition) is 3. The Labute approximate surface area is 84.0 Å². The molecule has 0 radical (unpaired) electrons. The molecule has 0 saturated carbocycles. The van der Waals surface area contributed by atoms with Crippen molar-refractivity contribution in [1.29, 1.82) is 0 Å². The Hall–Kier alpha value is -1.06. The molecular weight excluding hydrogens is 182 g/mol. The lowest BCUT2D eigenvalue weighted by molar-refractivity contribution is -0.145. The van der Waals surface area contributed by atoms with Crippen molar-refractivity contribution >= 4 is 11.9 Å². The Bertz CT molecular complexity index is 227. The van der Waals surface area contributed by atoms with Gasteiger partial charge in [0.2, 0.25) is 5.91 Å². The van der Waals surface area contributed by atoms with Crippen molar-refractivity contribution in [2.45, 2.75) is 26.2 Å². The molecule has 0 aromatic rings. The van der Waals surface area contributed by atoms with E-state index >= 15 is 0 Å². The third-order valence-corrected chi connectivity index (χ3v) is 2.64. The van der Waals surface area contributed by atoms with E-state index < -0.39 is 0 Å². The molecule has 0 spiro atoms. The van der Waals surface area contributed by atoms with E-state index in [0.29, 0.717) is 6.42 Å². The molecular formula is C10H17NO3. The summed E-state index contributed by atoms with van der Waals surface area (Å²) < 4.78 is 4.62. The minimum Gasteiger partial charge on any atom is -0.469 e. The molecule has 1 fully saturated rings. The number of nitrogens with one attached hydrogen (secondary N) is 1. The van der Waals surface area contributed by atoms with Gasteiger partial charge in [-0.3, -0.25) is 9.59 Å². The van der Waals surface area contributed by atoms with E-state index in [1.807, 2.05) is 0 Å². The van der Waals surface area contributed by atoms with Crippen LogP contribution in [0, 0.1) is 11.8 Å². The molecule has 2 unspecified atom stereocenters. The van der Waals surface area contributed by atoms with Crippen LogP contribution in [0.3, 0.4) is 0 Å². The van der Waals surface area contributed by atoms with Crippen LogP contribution >= 0.6 is 0 Å². The number of esters is 1. The number of amides is 1. The Morgan fingerprint density at radius 1 is 1.71 bits per heavy atom. The Kier molecular flexibility index (Phi) is 3.92. The predicted octanol–water partition coefficient (Wildman–Crippen LogP) is 0.712. The summed E-state index contributed by atoms with van der Waals surface area (Å²) in [6, 6.07) is 0. The molecule has 0 aliphatic carbocycles. The lowest BCUT2D eigenvalue weighted by atomic mass is 9.89. The van der Waals surface area contributed by atoms with Gasteiger partial charge in [0.05, 0.1) is 13.0 Å². The average Bonchev–Trinajstić information content (AvgIpc) is 2.20.